The minimum atomic E-state index is -0.361. The average Bonchev–Trinajstić information content (AvgIpc) is 2.51. The molecule has 0 radical (unpaired) electrons. The van der Waals surface area contributed by atoms with Crippen molar-refractivity contribution in [1.82, 2.24) is 10.6 Å². The molecule has 1 aromatic carbocycles. The highest BCUT2D eigenvalue weighted by molar-refractivity contribution is 5.68. The molecular weight excluding hydrogens is 256 g/mol. The van der Waals surface area contributed by atoms with E-state index in [1.165, 1.54) is 0 Å². The highest BCUT2D eigenvalue weighted by Gasteiger charge is 2.49. The van der Waals surface area contributed by atoms with Crippen LogP contribution in [0.2, 0.25) is 0 Å². The molecule has 0 aromatic heterocycles. The van der Waals surface area contributed by atoms with Crippen LogP contribution in [-0.4, -0.2) is 37.4 Å². The second-order valence-electron chi connectivity index (χ2n) is 5.38. The normalized spacial score (nSPS) is 23.9. The largest absolute Gasteiger partial charge is 0.445 e. The molecular formula is C15H20N2O3. The number of alkyl carbamates (subject to hydrolysis) is 1. The van der Waals surface area contributed by atoms with Gasteiger partial charge in [0.05, 0.1) is 18.2 Å². The van der Waals surface area contributed by atoms with Crippen LogP contribution in [0.15, 0.2) is 30.3 Å². The van der Waals surface area contributed by atoms with Gasteiger partial charge in [-0.3, -0.25) is 0 Å². The lowest BCUT2D eigenvalue weighted by Crippen LogP contribution is -2.68. The lowest BCUT2D eigenvalue weighted by Gasteiger charge is -2.51. The Morgan fingerprint density at radius 2 is 2.10 bits per heavy atom. The molecule has 1 spiro atoms. The predicted molar refractivity (Wildman–Crippen MR) is 74.3 cm³/mol. The molecule has 0 bridgehead atoms. The maximum Gasteiger partial charge on any atom is 0.407 e. The lowest BCUT2D eigenvalue weighted by molar-refractivity contribution is -0.187. The van der Waals surface area contributed by atoms with Crippen molar-refractivity contribution in [2.45, 2.75) is 31.1 Å². The summed E-state index contributed by atoms with van der Waals surface area (Å²) in [7, 11) is 0. The zero-order valence-electron chi connectivity index (χ0n) is 11.4. The molecule has 5 nitrogen and oxygen atoms in total. The third kappa shape index (κ3) is 2.78. The summed E-state index contributed by atoms with van der Waals surface area (Å²) in [5.74, 6) is 0. The van der Waals surface area contributed by atoms with Crippen molar-refractivity contribution in [2.24, 2.45) is 0 Å². The summed E-state index contributed by atoms with van der Waals surface area (Å²) < 4.78 is 11.0. The van der Waals surface area contributed by atoms with Gasteiger partial charge in [-0.2, -0.15) is 0 Å². The standard InChI is InChI=1S/C15H20N2O3/c18-14(19-10-12-4-2-1-3-5-12)17-13-11-20-15(13)6-8-16-9-7-15/h1-5,13,16H,6-11H2,(H,17,18). The van der Waals surface area contributed by atoms with Crippen molar-refractivity contribution in [3.05, 3.63) is 35.9 Å². The van der Waals surface area contributed by atoms with E-state index in [0.29, 0.717) is 13.2 Å². The second-order valence-corrected chi connectivity index (χ2v) is 5.38. The summed E-state index contributed by atoms with van der Waals surface area (Å²) in [6.45, 7) is 2.77. The third-order valence-corrected chi connectivity index (χ3v) is 4.13. The van der Waals surface area contributed by atoms with E-state index in [4.69, 9.17) is 9.47 Å². The second kappa shape index (κ2) is 5.81. The van der Waals surface area contributed by atoms with Gasteiger partial charge in [0.1, 0.15) is 6.61 Å². The van der Waals surface area contributed by atoms with Crippen LogP contribution < -0.4 is 10.6 Å². The smallest absolute Gasteiger partial charge is 0.407 e. The number of hydrogen-bond acceptors (Lipinski definition) is 4. The Kier molecular flexibility index (Phi) is 3.89. The van der Waals surface area contributed by atoms with Crippen molar-refractivity contribution in [2.75, 3.05) is 19.7 Å². The van der Waals surface area contributed by atoms with Crippen LogP contribution >= 0.6 is 0 Å². The molecule has 3 rings (SSSR count). The molecule has 1 amide bonds. The number of piperidine rings is 1. The zero-order valence-corrected chi connectivity index (χ0v) is 11.4. The van der Waals surface area contributed by atoms with Crippen LogP contribution in [0.5, 0.6) is 0 Å². The molecule has 0 saturated carbocycles. The Morgan fingerprint density at radius 3 is 2.75 bits per heavy atom. The fourth-order valence-electron chi connectivity index (χ4n) is 2.83. The van der Waals surface area contributed by atoms with E-state index >= 15 is 0 Å². The molecule has 20 heavy (non-hydrogen) atoms. The van der Waals surface area contributed by atoms with E-state index in [9.17, 15) is 4.79 Å². The van der Waals surface area contributed by atoms with Crippen molar-refractivity contribution in [3.8, 4) is 0 Å². The van der Waals surface area contributed by atoms with Gasteiger partial charge in [-0.1, -0.05) is 30.3 Å². The highest BCUT2D eigenvalue weighted by atomic mass is 16.6. The molecule has 2 saturated heterocycles. The van der Waals surface area contributed by atoms with E-state index in [1.54, 1.807) is 0 Å². The Bertz CT molecular complexity index is 457. The van der Waals surface area contributed by atoms with Crippen LogP contribution in [0.25, 0.3) is 0 Å². The molecule has 2 fully saturated rings. The first-order chi connectivity index (χ1) is 9.78. The minimum absolute atomic E-state index is 0.0767. The first-order valence-corrected chi connectivity index (χ1v) is 7.10. The maximum absolute atomic E-state index is 11.8. The number of hydrogen-bond donors (Lipinski definition) is 2. The van der Waals surface area contributed by atoms with Gasteiger partial charge < -0.3 is 20.1 Å². The highest BCUT2D eigenvalue weighted by Crippen LogP contribution is 2.35. The number of ether oxygens (including phenoxy) is 2. The van der Waals surface area contributed by atoms with E-state index in [2.05, 4.69) is 10.6 Å². The molecule has 2 heterocycles. The van der Waals surface area contributed by atoms with Crippen molar-refractivity contribution in [1.29, 1.82) is 0 Å². The number of carbonyl (C=O) groups is 1. The number of carbonyl (C=O) groups excluding carboxylic acids is 1. The maximum atomic E-state index is 11.8. The zero-order chi connectivity index (χ0) is 13.8. The molecule has 2 aliphatic heterocycles. The molecule has 1 unspecified atom stereocenters. The van der Waals surface area contributed by atoms with Gasteiger partial charge in [0, 0.05) is 0 Å². The molecule has 108 valence electrons. The minimum Gasteiger partial charge on any atom is -0.445 e. The average molecular weight is 276 g/mol. The topological polar surface area (TPSA) is 59.6 Å². The van der Waals surface area contributed by atoms with Gasteiger partial charge in [0.2, 0.25) is 0 Å². The molecule has 0 aliphatic carbocycles. The van der Waals surface area contributed by atoms with Gasteiger partial charge in [-0.15, -0.1) is 0 Å². The monoisotopic (exact) mass is 276 g/mol. The van der Waals surface area contributed by atoms with Crippen LogP contribution in [0.1, 0.15) is 18.4 Å². The van der Waals surface area contributed by atoms with E-state index in [-0.39, 0.29) is 17.7 Å². The number of amides is 1. The van der Waals surface area contributed by atoms with Crippen LogP contribution in [0, 0.1) is 0 Å². The van der Waals surface area contributed by atoms with Crippen molar-refractivity contribution < 1.29 is 14.3 Å². The van der Waals surface area contributed by atoms with Gasteiger partial charge in [-0.05, 0) is 31.5 Å². The molecule has 5 heteroatoms. The van der Waals surface area contributed by atoms with Gasteiger partial charge in [-0.25, -0.2) is 4.79 Å². The van der Waals surface area contributed by atoms with E-state index < -0.39 is 0 Å². The van der Waals surface area contributed by atoms with Crippen molar-refractivity contribution in [3.63, 3.8) is 0 Å². The quantitative estimate of drug-likeness (QED) is 0.877. The van der Waals surface area contributed by atoms with Crippen LogP contribution in [0.4, 0.5) is 4.79 Å². The summed E-state index contributed by atoms with van der Waals surface area (Å²) >= 11 is 0. The summed E-state index contributed by atoms with van der Waals surface area (Å²) in [6, 6.07) is 9.76. The Morgan fingerprint density at radius 1 is 1.35 bits per heavy atom. The number of benzene rings is 1. The van der Waals surface area contributed by atoms with Crippen molar-refractivity contribution >= 4 is 6.09 Å². The Labute approximate surface area is 118 Å². The van der Waals surface area contributed by atoms with Crippen LogP contribution in [0.3, 0.4) is 0 Å². The molecule has 1 aromatic rings. The Balaban J connectivity index is 1.47. The summed E-state index contributed by atoms with van der Waals surface area (Å²) in [6.07, 6.45) is 1.52. The molecule has 2 N–H and O–H groups in total. The summed E-state index contributed by atoms with van der Waals surface area (Å²) in [4.78, 5) is 11.8. The van der Waals surface area contributed by atoms with E-state index in [1.807, 2.05) is 30.3 Å². The van der Waals surface area contributed by atoms with Gasteiger partial charge in [0.25, 0.3) is 0 Å². The third-order valence-electron chi connectivity index (χ3n) is 4.13. The molecule has 1 atom stereocenters. The summed E-state index contributed by atoms with van der Waals surface area (Å²) in [5, 5.41) is 6.24. The first kappa shape index (κ1) is 13.4. The predicted octanol–water partition coefficient (Wildman–Crippen LogP) is 1.43. The SMILES string of the molecule is O=C(NC1COC12CCNCC2)OCc1ccccc1. The number of nitrogens with one attached hydrogen (secondary N) is 2. The molecule has 2 aliphatic rings. The van der Waals surface area contributed by atoms with Gasteiger partial charge in [0.15, 0.2) is 0 Å². The fraction of sp³-hybridized carbons (Fsp3) is 0.533. The fourth-order valence-corrected chi connectivity index (χ4v) is 2.83. The number of rotatable bonds is 3. The van der Waals surface area contributed by atoms with E-state index in [0.717, 1.165) is 31.5 Å². The Hall–Kier alpha value is -1.59. The first-order valence-electron chi connectivity index (χ1n) is 7.10. The summed E-state index contributed by atoms with van der Waals surface area (Å²) in [5.41, 5.74) is 0.820. The van der Waals surface area contributed by atoms with Crippen LogP contribution in [-0.2, 0) is 16.1 Å². The van der Waals surface area contributed by atoms with Gasteiger partial charge >= 0.3 is 6.09 Å². The lowest BCUT2D eigenvalue weighted by atomic mass is 9.81.